The van der Waals surface area contributed by atoms with Gasteiger partial charge in [0.05, 0.1) is 12.5 Å². The van der Waals surface area contributed by atoms with Gasteiger partial charge in [-0.1, -0.05) is 6.92 Å². The molecular formula is C11H23NO3. The standard InChI is InChI=1S/C11H23NO3/c1-4-15-11(13)10(2)9-12-7-5-6-8-14-3/h10,12H,4-9H2,1-3H3. The lowest BCUT2D eigenvalue weighted by Gasteiger charge is -2.11. The van der Waals surface area contributed by atoms with Crippen LogP contribution in [-0.4, -0.2) is 39.4 Å². The molecule has 0 heterocycles. The van der Waals surface area contributed by atoms with Crippen LogP contribution in [0.2, 0.25) is 0 Å². The molecule has 15 heavy (non-hydrogen) atoms. The van der Waals surface area contributed by atoms with E-state index in [2.05, 4.69) is 5.32 Å². The Morgan fingerprint density at radius 2 is 2.13 bits per heavy atom. The van der Waals surface area contributed by atoms with Gasteiger partial charge < -0.3 is 14.8 Å². The molecule has 0 spiro atoms. The van der Waals surface area contributed by atoms with Crippen molar-refractivity contribution < 1.29 is 14.3 Å². The molecule has 0 aromatic heterocycles. The third kappa shape index (κ3) is 8.39. The maximum Gasteiger partial charge on any atom is 0.309 e. The first-order valence-corrected chi connectivity index (χ1v) is 5.58. The van der Waals surface area contributed by atoms with Crippen LogP contribution in [0.15, 0.2) is 0 Å². The molecule has 0 amide bonds. The fraction of sp³-hybridized carbons (Fsp3) is 0.909. The molecule has 1 N–H and O–H groups in total. The van der Waals surface area contributed by atoms with E-state index in [1.807, 2.05) is 13.8 Å². The Bertz CT molecular complexity index is 162. The van der Waals surface area contributed by atoms with Crippen molar-refractivity contribution in [2.75, 3.05) is 33.4 Å². The molecule has 0 rings (SSSR count). The van der Waals surface area contributed by atoms with Gasteiger partial charge >= 0.3 is 5.97 Å². The highest BCUT2D eigenvalue weighted by molar-refractivity contribution is 5.72. The Balaban J connectivity index is 3.30. The molecule has 0 fully saturated rings. The third-order valence-electron chi connectivity index (χ3n) is 2.09. The number of nitrogens with one attached hydrogen (secondary N) is 1. The number of hydrogen-bond acceptors (Lipinski definition) is 4. The van der Waals surface area contributed by atoms with Crippen molar-refractivity contribution in [3.8, 4) is 0 Å². The average molecular weight is 217 g/mol. The van der Waals surface area contributed by atoms with Crippen molar-refractivity contribution in [2.45, 2.75) is 26.7 Å². The van der Waals surface area contributed by atoms with Gasteiger partial charge in [-0.25, -0.2) is 0 Å². The number of ether oxygens (including phenoxy) is 2. The highest BCUT2D eigenvalue weighted by atomic mass is 16.5. The fourth-order valence-corrected chi connectivity index (χ4v) is 1.18. The van der Waals surface area contributed by atoms with E-state index in [1.165, 1.54) is 0 Å². The first-order valence-electron chi connectivity index (χ1n) is 5.58. The Hall–Kier alpha value is -0.610. The topological polar surface area (TPSA) is 47.6 Å². The van der Waals surface area contributed by atoms with Crippen molar-refractivity contribution in [3.05, 3.63) is 0 Å². The number of methoxy groups -OCH3 is 1. The van der Waals surface area contributed by atoms with Gasteiger partial charge in [0.15, 0.2) is 0 Å². The molecule has 0 aromatic carbocycles. The minimum absolute atomic E-state index is 0.0626. The number of rotatable bonds is 9. The van der Waals surface area contributed by atoms with E-state index < -0.39 is 0 Å². The normalized spacial score (nSPS) is 12.5. The minimum Gasteiger partial charge on any atom is -0.466 e. The van der Waals surface area contributed by atoms with Gasteiger partial charge in [0, 0.05) is 20.3 Å². The van der Waals surface area contributed by atoms with Crippen LogP contribution in [0.1, 0.15) is 26.7 Å². The molecule has 0 aliphatic heterocycles. The Kier molecular flexibility index (Phi) is 9.52. The second-order valence-corrected chi connectivity index (χ2v) is 3.56. The molecule has 0 aromatic rings. The predicted molar refractivity (Wildman–Crippen MR) is 59.8 cm³/mol. The Morgan fingerprint density at radius 1 is 1.40 bits per heavy atom. The predicted octanol–water partition coefficient (Wildman–Crippen LogP) is 1.20. The van der Waals surface area contributed by atoms with Crippen LogP contribution >= 0.6 is 0 Å². The molecule has 4 nitrogen and oxygen atoms in total. The van der Waals surface area contributed by atoms with Crippen LogP contribution in [0.25, 0.3) is 0 Å². The van der Waals surface area contributed by atoms with Gasteiger partial charge in [0.2, 0.25) is 0 Å². The quantitative estimate of drug-likeness (QED) is 0.466. The van der Waals surface area contributed by atoms with Gasteiger partial charge in [-0.15, -0.1) is 0 Å². The highest BCUT2D eigenvalue weighted by Crippen LogP contribution is 1.96. The zero-order valence-electron chi connectivity index (χ0n) is 10.0. The summed E-state index contributed by atoms with van der Waals surface area (Å²) in [5.74, 6) is -0.186. The highest BCUT2D eigenvalue weighted by Gasteiger charge is 2.12. The summed E-state index contributed by atoms with van der Waals surface area (Å²) >= 11 is 0. The first-order chi connectivity index (χ1) is 7.22. The van der Waals surface area contributed by atoms with E-state index in [4.69, 9.17) is 9.47 Å². The zero-order chi connectivity index (χ0) is 11.5. The zero-order valence-corrected chi connectivity index (χ0v) is 10.0. The summed E-state index contributed by atoms with van der Waals surface area (Å²) in [6.07, 6.45) is 2.13. The molecule has 1 atom stereocenters. The van der Waals surface area contributed by atoms with Crippen LogP contribution < -0.4 is 5.32 Å². The van der Waals surface area contributed by atoms with E-state index >= 15 is 0 Å². The van der Waals surface area contributed by atoms with Crippen LogP contribution in [0.3, 0.4) is 0 Å². The number of esters is 1. The van der Waals surface area contributed by atoms with Crippen LogP contribution in [0.4, 0.5) is 0 Å². The lowest BCUT2D eigenvalue weighted by atomic mass is 10.2. The lowest BCUT2D eigenvalue weighted by molar-refractivity contribution is -0.147. The fourth-order valence-electron chi connectivity index (χ4n) is 1.18. The molecule has 0 saturated carbocycles. The first kappa shape index (κ1) is 14.4. The average Bonchev–Trinajstić information content (AvgIpc) is 2.23. The van der Waals surface area contributed by atoms with E-state index in [-0.39, 0.29) is 11.9 Å². The van der Waals surface area contributed by atoms with Crippen molar-refractivity contribution in [1.82, 2.24) is 5.32 Å². The summed E-state index contributed by atoms with van der Waals surface area (Å²) in [5, 5.41) is 3.23. The Labute approximate surface area is 92.3 Å². The van der Waals surface area contributed by atoms with Crippen molar-refractivity contribution in [3.63, 3.8) is 0 Å². The smallest absolute Gasteiger partial charge is 0.309 e. The maximum atomic E-state index is 11.2. The van der Waals surface area contributed by atoms with Gasteiger partial charge in [-0.3, -0.25) is 4.79 Å². The van der Waals surface area contributed by atoms with Crippen molar-refractivity contribution in [2.24, 2.45) is 5.92 Å². The van der Waals surface area contributed by atoms with Crippen LogP contribution in [0, 0.1) is 5.92 Å². The summed E-state index contributed by atoms with van der Waals surface area (Å²) in [7, 11) is 1.70. The summed E-state index contributed by atoms with van der Waals surface area (Å²) in [6, 6.07) is 0. The number of carbonyl (C=O) groups is 1. The summed E-state index contributed by atoms with van der Waals surface area (Å²) in [4.78, 5) is 11.2. The Morgan fingerprint density at radius 3 is 2.73 bits per heavy atom. The van der Waals surface area contributed by atoms with Crippen LogP contribution in [-0.2, 0) is 14.3 Å². The van der Waals surface area contributed by atoms with Gasteiger partial charge in [-0.2, -0.15) is 0 Å². The molecular weight excluding hydrogens is 194 g/mol. The number of carbonyl (C=O) groups excluding carboxylic acids is 1. The van der Waals surface area contributed by atoms with Crippen molar-refractivity contribution in [1.29, 1.82) is 0 Å². The van der Waals surface area contributed by atoms with Gasteiger partial charge in [0.1, 0.15) is 0 Å². The van der Waals surface area contributed by atoms with E-state index in [0.717, 1.165) is 26.0 Å². The monoisotopic (exact) mass is 217 g/mol. The SMILES string of the molecule is CCOC(=O)C(C)CNCCCCOC. The second-order valence-electron chi connectivity index (χ2n) is 3.56. The molecule has 90 valence electrons. The summed E-state index contributed by atoms with van der Waals surface area (Å²) in [5.41, 5.74) is 0. The minimum atomic E-state index is -0.123. The molecule has 1 unspecified atom stereocenters. The molecule has 0 bridgehead atoms. The number of hydrogen-bond donors (Lipinski definition) is 1. The van der Waals surface area contributed by atoms with Gasteiger partial charge in [0.25, 0.3) is 0 Å². The molecule has 0 aliphatic rings. The maximum absolute atomic E-state index is 11.2. The second kappa shape index (κ2) is 9.93. The van der Waals surface area contributed by atoms with Gasteiger partial charge in [-0.05, 0) is 26.3 Å². The van der Waals surface area contributed by atoms with Crippen molar-refractivity contribution >= 4 is 5.97 Å². The van der Waals surface area contributed by atoms with E-state index in [9.17, 15) is 4.79 Å². The van der Waals surface area contributed by atoms with Crippen LogP contribution in [0.5, 0.6) is 0 Å². The van der Waals surface area contributed by atoms with E-state index in [0.29, 0.717) is 13.2 Å². The molecule has 4 heteroatoms. The summed E-state index contributed by atoms with van der Waals surface area (Å²) < 4.78 is 9.84. The molecule has 0 radical (unpaired) electrons. The molecule has 0 aliphatic carbocycles. The van der Waals surface area contributed by atoms with E-state index in [1.54, 1.807) is 7.11 Å². The summed E-state index contributed by atoms with van der Waals surface area (Å²) in [6.45, 7) is 6.56. The molecule has 0 saturated heterocycles. The number of unbranched alkanes of at least 4 members (excludes halogenated alkanes) is 1. The largest absolute Gasteiger partial charge is 0.466 e. The third-order valence-corrected chi connectivity index (χ3v) is 2.09. The lowest BCUT2D eigenvalue weighted by Crippen LogP contribution is -2.28.